The Morgan fingerprint density at radius 2 is 1.93 bits per heavy atom. The summed E-state index contributed by atoms with van der Waals surface area (Å²) in [4.78, 5) is 0. The third-order valence-electron chi connectivity index (χ3n) is 4.81. The molecule has 2 aromatic carbocycles. The number of rotatable bonds is 7. The lowest BCUT2D eigenvalue weighted by Crippen LogP contribution is -2.34. The lowest BCUT2D eigenvalue weighted by atomic mass is 9.76. The molecule has 0 amide bonds. The second-order valence-corrected chi connectivity index (χ2v) is 8.71. The summed E-state index contributed by atoms with van der Waals surface area (Å²) in [6.07, 6.45) is 4.02. The molecule has 0 aromatic heterocycles. The van der Waals surface area contributed by atoms with Crippen molar-refractivity contribution in [1.82, 2.24) is 4.72 Å². The van der Waals surface area contributed by atoms with Gasteiger partial charge in [-0.2, -0.15) is 0 Å². The van der Waals surface area contributed by atoms with E-state index in [1.54, 1.807) is 0 Å². The number of ether oxygens (including phenoxy) is 1. The van der Waals surface area contributed by atoms with E-state index in [-0.39, 0.29) is 30.9 Å². The minimum absolute atomic E-state index is 0. The summed E-state index contributed by atoms with van der Waals surface area (Å²) in [5, 5.41) is 0. The fourth-order valence-corrected chi connectivity index (χ4v) is 3.97. The van der Waals surface area contributed by atoms with Crippen LogP contribution in [0.3, 0.4) is 0 Å². The van der Waals surface area contributed by atoms with E-state index >= 15 is 0 Å². The van der Waals surface area contributed by atoms with Gasteiger partial charge in [-0.15, -0.1) is 12.4 Å². The highest BCUT2D eigenvalue weighted by Crippen LogP contribution is 2.35. The molecule has 5 nitrogen and oxygen atoms in total. The van der Waals surface area contributed by atoms with Crippen molar-refractivity contribution in [2.75, 3.05) is 19.4 Å². The average Bonchev–Trinajstić information content (AvgIpc) is 2.61. The number of nitrogens with two attached hydrogens (primary N) is 1. The smallest absolute Gasteiger partial charge is 0.208 e. The Hall–Kier alpha value is -1.60. The standard InChI is InChI=1S/C20H26N2O3S.ClH/c1-26(23,24)22-11-12-25-17-9-7-16-8-10-20(21)19(18(16)14-17)13-15-5-3-2-4-6-15;/h2-7,9,14,19-20,22H,8,10-13,21H2,1H3;1H. The van der Waals surface area contributed by atoms with Gasteiger partial charge in [0, 0.05) is 18.5 Å². The minimum atomic E-state index is -3.19. The van der Waals surface area contributed by atoms with Crippen LogP contribution in [0.5, 0.6) is 5.75 Å². The van der Waals surface area contributed by atoms with Crippen LogP contribution in [0.25, 0.3) is 0 Å². The van der Waals surface area contributed by atoms with Gasteiger partial charge in [0.2, 0.25) is 10.0 Å². The Morgan fingerprint density at radius 1 is 1.19 bits per heavy atom. The van der Waals surface area contributed by atoms with Gasteiger partial charge in [-0.25, -0.2) is 13.1 Å². The number of hydrogen-bond donors (Lipinski definition) is 2. The van der Waals surface area contributed by atoms with Gasteiger partial charge in [0.25, 0.3) is 0 Å². The van der Waals surface area contributed by atoms with Crippen molar-refractivity contribution in [2.24, 2.45) is 5.73 Å². The maximum Gasteiger partial charge on any atom is 0.208 e. The fourth-order valence-electron chi connectivity index (χ4n) is 3.51. The minimum Gasteiger partial charge on any atom is -0.492 e. The molecule has 7 heteroatoms. The highest BCUT2D eigenvalue weighted by Gasteiger charge is 2.27. The van der Waals surface area contributed by atoms with Gasteiger partial charge in [-0.1, -0.05) is 36.4 Å². The van der Waals surface area contributed by atoms with Crippen molar-refractivity contribution < 1.29 is 13.2 Å². The van der Waals surface area contributed by atoms with Crippen LogP contribution in [0.4, 0.5) is 0 Å². The number of hydrogen-bond acceptors (Lipinski definition) is 4. The molecule has 2 atom stereocenters. The van der Waals surface area contributed by atoms with Gasteiger partial charge in [0.05, 0.1) is 6.26 Å². The molecule has 1 aliphatic rings. The molecule has 3 N–H and O–H groups in total. The number of fused-ring (bicyclic) bond motifs is 1. The first kappa shape index (κ1) is 21.7. The molecular weight excluding hydrogens is 384 g/mol. The van der Waals surface area contributed by atoms with Crippen molar-refractivity contribution in [3.05, 3.63) is 65.2 Å². The fraction of sp³-hybridized carbons (Fsp3) is 0.400. The largest absolute Gasteiger partial charge is 0.492 e. The molecule has 2 aromatic rings. The van der Waals surface area contributed by atoms with E-state index in [2.05, 4.69) is 41.1 Å². The first-order valence-electron chi connectivity index (χ1n) is 8.92. The third-order valence-corrected chi connectivity index (χ3v) is 5.54. The molecule has 0 radical (unpaired) electrons. The summed E-state index contributed by atoms with van der Waals surface area (Å²) in [5.41, 5.74) is 10.3. The lowest BCUT2D eigenvalue weighted by Gasteiger charge is -2.32. The quantitative estimate of drug-likeness (QED) is 0.687. The first-order chi connectivity index (χ1) is 12.4. The summed E-state index contributed by atoms with van der Waals surface area (Å²) in [6.45, 7) is 0.546. The predicted molar refractivity (Wildman–Crippen MR) is 111 cm³/mol. The second kappa shape index (κ2) is 9.55. The zero-order chi connectivity index (χ0) is 18.6. The van der Waals surface area contributed by atoms with E-state index in [1.165, 1.54) is 16.7 Å². The molecule has 0 spiro atoms. The maximum absolute atomic E-state index is 11.1. The van der Waals surface area contributed by atoms with Crippen LogP contribution in [0.1, 0.15) is 29.0 Å². The van der Waals surface area contributed by atoms with Crippen LogP contribution >= 0.6 is 12.4 Å². The molecule has 2 unspecified atom stereocenters. The number of halogens is 1. The van der Waals surface area contributed by atoms with Crippen LogP contribution < -0.4 is 15.2 Å². The molecule has 148 valence electrons. The zero-order valence-corrected chi connectivity index (χ0v) is 17.1. The molecule has 0 saturated carbocycles. The Kier molecular flexibility index (Phi) is 7.68. The van der Waals surface area contributed by atoms with E-state index in [1.807, 2.05) is 12.1 Å². The highest BCUT2D eigenvalue weighted by atomic mass is 35.5. The van der Waals surface area contributed by atoms with E-state index in [4.69, 9.17) is 10.5 Å². The number of nitrogens with one attached hydrogen (secondary N) is 1. The zero-order valence-electron chi connectivity index (χ0n) is 15.4. The Bertz CT molecular complexity index is 844. The summed E-state index contributed by atoms with van der Waals surface area (Å²) in [6, 6.07) is 16.7. The molecule has 3 rings (SSSR count). The summed E-state index contributed by atoms with van der Waals surface area (Å²) in [7, 11) is -3.19. The molecular formula is C20H27ClN2O3S. The van der Waals surface area contributed by atoms with Crippen LogP contribution in [0.2, 0.25) is 0 Å². The van der Waals surface area contributed by atoms with Gasteiger partial charge < -0.3 is 10.5 Å². The van der Waals surface area contributed by atoms with Crippen molar-refractivity contribution in [1.29, 1.82) is 0 Å². The second-order valence-electron chi connectivity index (χ2n) is 6.87. The van der Waals surface area contributed by atoms with Gasteiger partial charge in [0.1, 0.15) is 12.4 Å². The highest BCUT2D eigenvalue weighted by molar-refractivity contribution is 7.88. The van der Waals surface area contributed by atoms with Crippen molar-refractivity contribution >= 4 is 22.4 Å². The van der Waals surface area contributed by atoms with E-state index in [0.717, 1.165) is 31.3 Å². The molecule has 0 bridgehead atoms. The van der Waals surface area contributed by atoms with Gasteiger partial charge in [0.15, 0.2) is 0 Å². The van der Waals surface area contributed by atoms with Gasteiger partial charge in [-0.05, 0) is 48.1 Å². The monoisotopic (exact) mass is 410 g/mol. The van der Waals surface area contributed by atoms with Crippen LogP contribution in [0.15, 0.2) is 48.5 Å². The number of benzene rings is 2. The maximum atomic E-state index is 11.1. The summed E-state index contributed by atoms with van der Waals surface area (Å²) in [5.74, 6) is 1.02. The number of sulfonamides is 1. The Labute approximate surface area is 167 Å². The first-order valence-corrected chi connectivity index (χ1v) is 10.8. The predicted octanol–water partition coefficient (Wildman–Crippen LogP) is 2.64. The number of aryl methyl sites for hydroxylation is 1. The molecule has 0 aliphatic heterocycles. The topological polar surface area (TPSA) is 81.4 Å². The summed E-state index contributed by atoms with van der Waals surface area (Å²) >= 11 is 0. The van der Waals surface area contributed by atoms with Crippen LogP contribution in [-0.4, -0.2) is 33.9 Å². The summed E-state index contributed by atoms with van der Waals surface area (Å²) < 4.78 is 30.4. The van der Waals surface area contributed by atoms with Crippen molar-refractivity contribution in [2.45, 2.75) is 31.2 Å². The molecule has 27 heavy (non-hydrogen) atoms. The van der Waals surface area contributed by atoms with Gasteiger partial charge >= 0.3 is 0 Å². The van der Waals surface area contributed by atoms with Crippen molar-refractivity contribution in [3.8, 4) is 5.75 Å². The average molecular weight is 411 g/mol. The normalized spacial score (nSPS) is 19.0. The third kappa shape index (κ3) is 6.21. The van der Waals surface area contributed by atoms with Crippen LogP contribution in [-0.2, 0) is 22.9 Å². The SMILES string of the molecule is CS(=O)(=O)NCCOc1ccc2c(c1)C(Cc1ccccc1)C(N)CC2.Cl. The molecule has 1 aliphatic carbocycles. The molecule has 0 saturated heterocycles. The molecule has 0 heterocycles. The molecule has 0 fully saturated rings. The lowest BCUT2D eigenvalue weighted by molar-refractivity contribution is 0.321. The van der Waals surface area contributed by atoms with E-state index < -0.39 is 10.0 Å². The van der Waals surface area contributed by atoms with Crippen molar-refractivity contribution in [3.63, 3.8) is 0 Å². The van der Waals surface area contributed by atoms with Crippen LogP contribution in [0, 0.1) is 0 Å². The van der Waals surface area contributed by atoms with Gasteiger partial charge in [-0.3, -0.25) is 0 Å². The van der Waals surface area contributed by atoms with E-state index in [9.17, 15) is 8.42 Å². The Morgan fingerprint density at radius 3 is 2.63 bits per heavy atom. The Balaban J connectivity index is 0.00000261. The van der Waals surface area contributed by atoms with E-state index in [0.29, 0.717) is 6.61 Å².